The van der Waals surface area contributed by atoms with Gasteiger partial charge in [0.2, 0.25) is 0 Å². The van der Waals surface area contributed by atoms with E-state index in [9.17, 15) is 22.4 Å². The highest BCUT2D eigenvalue weighted by molar-refractivity contribution is 5.88. The predicted molar refractivity (Wildman–Crippen MR) is 58.7 cm³/mol. The van der Waals surface area contributed by atoms with Crippen LogP contribution in [-0.4, -0.2) is 11.1 Å². The molecular formula is C13H6F4O2. The van der Waals surface area contributed by atoms with Crippen LogP contribution in [-0.2, 0) is 0 Å². The first-order valence-electron chi connectivity index (χ1n) is 5.08. The fourth-order valence-electron chi connectivity index (χ4n) is 1.60. The van der Waals surface area contributed by atoms with Crippen LogP contribution in [0.1, 0.15) is 10.4 Å². The summed E-state index contributed by atoms with van der Waals surface area (Å²) in [5, 5.41) is 8.64. The molecule has 0 aromatic heterocycles. The molecular weight excluding hydrogens is 264 g/mol. The molecule has 0 atom stereocenters. The van der Waals surface area contributed by atoms with Gasteiger partial charge < -0.3 is 5.11 Å². The highest BCUT2D eigenvalue weighted by atomic mass is 19.2. The molecule has 6 heteroatoms. The number of aromatic carboxylic acids is 1. The molecule has 2 aromatic carbocycles. The Bertz CT molecular complexity index is 668. The molecule has 0 heterocycles. The zero-order valence-electron chi connectivity index (χ0n) is 9.25. The first-order valence-corrected chi connectivity index (χ1v) is 5.08. The summed E-state index contributed by atoms with van der Waals surface area (Å²) in [5.74, 6) is -6.27. The SMILES string of the molecule is O=C(O)c1ccc(-c2cc(F)c(F)cc2F)cc1F. The van der Waals surface area contributed by atoms with Crippen molar-refractivity contribution in [3.05, 3.63) is 59.2 Å². The number of rotatable bonds is 2. The third-order valence-electron chi connectivity index (χ3n) is 2.52. The van der Waals surface area contributed by atoms with Gasteiger partial charge in [-0.2, -0.15) is 0 Å². The van der Waals surface area contributed by atoms with Crippen molar-refractivity contribution >= 4 is 5.97 Å². The third kappa shape index (κ3) is 2.42. The second kappa shape index (κ2) is 4.72. The summed E-state index contributed by atoms with van der Waals surface area (Å²) in [4.78, 5) is 10.6. The van der Waals surface area contributed by atoms with Crippen molar-refractivity contribution < 1.29 is 27.5 Å². The fourth-order valence-corrected chi connectivity index (χ4v) is 1.60. The summed E-state index contributed by atoms with van der Waals surface area (Å²) in [7, 11) is 0. The average molecular weight is 270 g/mol. The monoisotopic (exact) mass is 270 g/mol. The summed E-state index contributed by atoms with van der Waals surface area (Å²) in [5.41, 5.74) is -1.03. The topological polar surface area (TPSA) is 37.3 Å². The van der Waals surface area contributed by atoms with Crippen LogP contribution in [0, 0.1) is 23.3 Å². The van der Waals surface area contributed by atoms with Gasteiger partial charge in [-0.1, -0.05) is 6.07 Å². The molecule has 2 nitrogen and oxygen atoms in total. The van der Waals surface area contributed by atoms with Crippen molar-refractivity contribution in [3.63, 3.8) is 0 Å². The van der Waals surface area contributed by atoms with Crippen LogP contribution in [0.2, 0.25) is 0 Å². The standard InChI is InChI=1S/C13H6F4O2/c14-9-3-6(1-2-7(9)13(18)19)8-4-11(16)12(17)5-10(8)15/h1-5H,(H,18,19). The predicted octanol–water partition coefficient (Wildman–Crippen LogP) is 3.61. The Morgan fingerprint density at radius 3 is 2.05 bits per heavy atom. The quantitative estimate of drug-likeness (QED) is 0.668. The van der Waals surface area contributed by atoms with Gasteiger partial charge in [0.15, 0.2) is 11.6 Å². The summed E-state index contributed by atoms with van der Waals surface area (Å²) >= 11 is 0. The number of carboxylic acids is 1. The van der Waals surface area contributed by atoms with Crippen molar-refractivity contribution in [1.29, 1.82) is 0 Å². The Hall–Kier alpha value is -2.37. The van der Waals surface area contributed by atoms with E-state index >= 15 is 0 Å². The van der Waals surface area contributed by atoms with E-state index in [1.54, 1.807) is 0 Å². The zero-order valence-corrected chi connectivity index (χ0v) is 9.25. The normalized spacial score (nSPS) is 10.5. The second-order valence-electron chi connectivity index (χ2n) is 3.75. The highest BCUT2D eigenvalue weighted by Gasteiger charge is 2.15. The molecule has 0 saturated heterocycles. The minimum atomic E-state index is -1.48. The smallest absolute Gasteiger partial charge is 0.338 e. The summed E-state index contributed by atoms with van der Waals surface area (Å²) in [6.45, 7) is 0. The molecule has 0 spiro atoms. The Morgan fingerprint density at radius 1 is 0.842 bits per heavy atom. The van der Waals surface area contributed by atoms with E-state index in [4.69, 9.17) is 5.11 Å². The van der Waals surface area contributed by atoms with Gasteiger partial charge >= 0.3 is 5.97 Å². The number of benzene rings is 2. The van der Waals surface area contributed by atoms with Gasteiger partial charge in [0.1, 0.15) is 11.6 Å². The lowest BCUT2D eigenvalue weighted by Gasteiger charge is -2.06. The van der Waals surface area contributed by atoms with Crippen molar-refractivity contribution in [1.82, 2.24) is 0 Å². The van der Waals surface area contributed by atoms with Crippen molar-refractivity contribution in [2.45, 2.75) is 0 Å². The maximum Gasteiger partial charge on any atom is 0.338 e. The Morgan fingerprint density at radius 2 is 1.47 bits per heavy atom. The van der Waals surface area contributed by atoms with E-state index < -0.39 is 34.8 Å². The van der Waals surface area contributed by atoms with Crippen molar-refractivity contribution in [3.8, 4) is 11.1 Å². The lowest BCUT2D eigenvalue weighted by molar-refractivity contribution is 0.0692. The molecule has 0 amide bonds. The van der Waals surface area contributed by atoms with Crippen LogP contribution in [0.25, 0.3) is 11.1 Å². The maximum atomic E-state index is 13.5. The second-order valence-corrected chi connectivity index (χ2v) is 3.75. The van der Waals surface area contributed by atoms with Gasteiger partial charge in [-0.25, -0.2) is 22.4 Å². The number of carboxylic acid groups (broad SMARTS) is 1. The zero-order chi connectivity index (χ0) is 14.2. The summed E-state index contributed by atoms with van der Waals surface area (Å²) in [6, 6.07) is 3.71. The van der Waals surface area contributed by atoms with Gasteiger partial charge in [-0.15, -0.1) is 0 Å². The van der Waals surface area contributed by atoms with Gasteiger partial charge in [-0.3, -0.25) is 0 Å². The summed E-state index contributed by atoms with van der Waals surface area (Å²) in [6.07, 6.45) is 0. The number of hydrogen-bond acceptors (Lipinski definition) is 1. The highest BCUT2D eigenvalue weighted by Crippen LogP contribution is 2.26. The first-order chi connectivity index (χ1) is 8.90. The van der Waals surface area contributed by atoms with Crippen molar-refractivity contribution in [2.24, 2.45) is 0 Å². The van der Waals surface area contributed by atoms with Gasteiger partial charge in [0, 0.05) is 11.6 Å². The molecule has 0 aliphatic rings. The molecule has 1 N–H and O–H groups in total. The van der Waals surface area contributed by atoms with E-state index in [2.05, 4.69) is 0 Å². The van der Waals surface area contributed by atoms with Crippen LogP contribution in [0.4, 0.5) is 17.6 Å². The fraction of sp³-hybridized carbons (Fsp3) is 0. The Kier molecular flexibility index (Phi) is 3.25. The minimum Gasteiger partial charge on any atom is -0.478 e. The molecule has 0 unspecified atom stereocenters. The van der Waals surface area contributed by atoms with E-state index in [0.29, 0.717) is 12.1 Å². The van der Waals surface area contributed by atoms with E-state index in [1.807, 2.05) is 0 Å². The molecule has 0 fully saturated rings. The van der Waals surface area contributed by atoms with Gasteiger partial charge in [0.25, 0.3) is 0 Å². The van der Waals surface area contributed by atoms with Crippen LogP contribution in [0.5, 0.6) is 0 Å². The largest absolute Gasteiger partial charge is 0.478 e. The molecule has 2 rings (SSSR count). The van der Waals surface area contributed by atoms with Crippen LogP contribution < -0.4 is 0 Å². The van der Waals surface area contributed by atoms with Crippen LogP contribution >= 0.6 is 0 Å². The number of halogens is 4. The molecule has 98 valence electrons. The van der Waals surface area contributed by atoms with E-state index in [1.165, 1.54) is 0 Å². The van der Waals surface area contributed by atoms with Gasteiger partial charge in [-0.05, 0) is 23.8 Å². The van der Waals surface area contributed by atoms with Gasteiger partial charge in [0.05, 0.1) is 5.56 Å². The third-order valence-corrected chi connectivity index (χ3v) is 2.52. The van der Waals surface area contributed by atoms with E-state index in [0.717, 1.165) is 18.2 Å². The molecule has 0 aliphatic carbocycles. The Labute approximate surface area is 104 Å². The molecule has 0 saturated carbocycles. The first kappa shape index (κ1) is 13.1. The van der Waals surface area contributed by atoms with Crippen LogP contribution in [0.3, 0.4) is 0 Å². The molecule has 19 heavy (non-hydrogen) atoms. The lowest BCUT2D eigenvalue weighted by atomic mass is 10.0. The molecule has 0 radical (unpaired) electrons. The average Bonchev–Trinajstić information content (AvgIpc) is 2.33. The number of hydrogen-bond donors (Lipinski definition) is 1. The Balaban J connectivity index is 2.57. The maximum absolute atomic E-state index is 13.5. The lowest BCUT2D eigenvalue weighted by Crippen LogP contribution is -2.00. The molecule has 0 bridgehead atoms. The molecule has 0 aliphatic heterocycles. The van der Waals surface area contributed by atoms with E-state index in [-0.39, 0.29) is 11.1 Å². The number of carbonyl (C=O) groups is 1. The summed E-state index contributed by atoms with van der Waals surface area (Å²) < 4.78 is 52.7. The minimum absolute atomic E-state index is 0.0844. The molecule has 2 aromatic rings. The van der Waals surface area contributed by atoms with Crippen LogP contribution in [0.15, 0.2) is 30.3 Å². The van der Waals surface area contributed by atoms with Crippen molar-refractivity contribution in [2.75, 3.05) is 0 Å².